The molecule has 0 unspecified atom stereocenters. The highest BCUT2D eigenvalue weighted by atomic mass is 16.5. The predicted molar refractivity (Wildman–Crippen MR) is 160 cm³/mol. The molecule has 0 spiro atoms. The summed E-state index contributed by atoms with van der Waals surface area (Å²) in [4.78, 5) is 31.6. The Bertz CT molecular complexity index is 1140. The fourth-order valence-corrected chi connectivity index (χ4v) is 5.65. The standard InChI is InChI=1S/C33H47N3O5/c1-23(2)35(32(37)26-13-12-24(3)30(18-26)41-17-9-16-39-4)21-27-19-34-20-28(27)22-36(29-14-15-29)33(38)31(40-5)25-10-7-6-8-11-25/h6-8,10-13,18,23,27-29,31,34H,9,14-17,19-22H2,1-5H3/t27-,28-,31-/m0/s1. The van der Waals surface area contributed by atoms with E-state index in [4.69, 9.17) is 14.2 Å². The van der Waals surface area contributed by atoms with Crippen molar-refractivity contribution in [3.8, 4) is 5.75 Å². The number of aryl methyl sites for hydroxylation is 1. The number of nitrogens with one attached hydrogen (secondary N) is 1. The van der Waals surface area contributed by atoms with E-state index in [1.807, 2.05) is 65.3 Å². The summed E-state index contributed by atoms with van der Waals surface area (Å²) >= 11 is 0. The first-order valence-corrected chi connectivity index (χ1v) is 15.0. The molecule has 1 saturated carbocycles. The molecule has 2 amide bonds. The zero-order valence-electron chi connectivity index (χ0n) is 25.3. The maximum atomic E-state index is 13.8. The number of nitrogens with zero attached hydrogens (tertiary/aromatic N) is 2. The van der Waals surface area contributed by atoms with Crippen LogP contribution in [0.15, 0.2) is 48.5 Å². The second-order valence-corrected chi connectivity index (χ2v) is 11.7. The molecule has 1 N–H and O–H groups in total. The lowest BCUT2D eigenvalue weighted by molar-refractivity contribution is -0.143. The molecule has 2 aromatic rings. The van der Waals surface area contributed by atoms with Gasteiger partial charge in [-0.3, -0.25) is 9.59 Å². The average molecular weight is 566 g/mol. The van der Waals surface area contributed by atoms with Gasteiger partial charge in [0.1, 0.15) is 5.75 Å². The second kappa shape index (κ2) is 14.8. The highest BCUT2D eigenvalue weighted by Crippen LogP contribution is 2.33. The number of hydrogen-bond acceptors (Lipinski definition) is 6. The first kappa shape index (κ1) is 31.0. The van der Waals surface area contributed by atoms with E-state index in [0.717, 1.165) is 49.2 Å². The van der Waals surface area contributed by atoms with Crippen LogP contribution in [0.3, 0.4) is 0 Å². The first-order chi connectivity index (χ1) is 19.8. The number of carbonyl (C=O) groups is 2. The minimum absolute atomic E-state index is 0.00559. The van der Waals surface area contributed by atoms with Gasteiger partial charge in [-0.2, -0.15) is 0 Å². The number of amides is 2. The van der Waals surface area contributed by atoms with E-state index < -0.39 is 6.10 Å². The topological polar surface area (TPSA) is 80.3 Å². The van der Waals surface area contributed by atoms with Crippen molar-refractivity contribution in [2.45, 2.75) is 58.2 Å². The summed E-state index contributed by atoms with van der Waals surface area (Å²) in [6.07, 6.45) is 2.24. The van der Waals surface area contributed by atoms with Crippen molar-refractivity contribution in [3.05, 3.63) is 65.2 Å². The molecule has 0 aromatic heterocycles. The van der Waals surface area contributed by atoms with Crippen molar-refractivity contribution in [3.63, 3.8) is 0 Å². The molecule has 8 nitrogen and oxygen atoms in total. The molecule has 3 atom stereocenters. The third-order valence-corrected chi connectivity index (χ3v) is 8.24. The summed E-state index contributed by atoms with van der Waals surface area (Å²) in [5, 5.41) is 3.54. The molecule has 0 radical (unpaired) electrons. The van der Waals surface area contributed by atoms with Crippen LogP contribution in [0.25, 0.3) is 0 Å². The Hall–Kier alpha value is -2.94. The lowest BCUT2D eigenvalue weighted by Gasteiger charge is -2.34. The van der Waals surface area contributed by atoms with E-state index in [0.29, 0.717) is 31.9 Å². The van der Waals surface area contributed by atoms with Crippen LogP contribution in [0, 0.1) is 18.8 Å². The lowest BCUT2D eigenvalue weighted by Crippen LogP contribution is -2.46. The summed E-state index contributed by atoms with van der Waals surface area (Å²) in [6.45, 7) is 10.2. The Morgan fingerprint density at radius 2 is 1.68 bits per heavy atom. The van der Waals surface area contributed by atoms with Crippen LogP contribution in [0.5, 0.6) is 5.75 Å². The monoisotopic (exact) mass is 565 g/mol. The van der Waals surface area contributed by atoms with E-state index >= 15 is 0 Å². The summed E-state index contributed by atoms with van der Waals surface area (Å²) in [7, 11) is 3.28. The Kier molecular flexibility index (Phi) is 11.2. The summed E-state index contributed by atoms with van der Waals surface area (Å²) in [6, 6.07) is 15.7. The van der Waals surface area contributed by atoms with Gasteiger partial charge < -0.3 is 29.3 Å². The third kappa shape index (κ3) is 8.09. The van der Waals surface area contributed by atoms with Crippen molar-refractivity contribution in [1.82, 2.24) is 15.1 Å². The highest BCUT2D eigenvalue weighted by Gasteiger charge is 2.40. The number of carbonyl (C=O) groups excluding carboxylic acids is 2. The largest absolute Gasteiger partial charge is 0.493 e. The molecule has 4 rings (SSSR count). The molecule has 2 aromatic carbocycles. The van der Waals surface area contributed by atoms with Crippen LogP contribution >= 0.6 is 0 Å². The van der Waals surface area contributed by atoms with Crippen LogP contribution in [-0.2, 0) is 14.3 Å². The molecule has 1 aliphatic carbocycles. The second-order valence-electron chi connectivity index (χ2n) is 11.7. The molecule has 2 aliphatic rings. The first-order valence-electron chi connectivity index (χ1n) is 15.0. The Balaban J connectivity index is 1.45. The average Bonchev–Trinajstić information content (AvgIpc) is 3.72. The molecule has 1 aliphatic heterocycles. The van der Waals surface area contributed by atoms with Crippen molar-refractivity contribution in [1.29, 1.82) is 0 Å². The smallest absolute Gasteiger partial charge is 0.256 e. The number of benzene rings is 2. The zero-order chi connectivity index (χ0) is 29.4. The van der Waals surface area contributed by atoms with Gasteiger partial charge in [-0.05, 0) is 68.7 Å². The van der Waals surface area contributed by atoms with E-state index in [1.165, 1.54) is 0 Å². The van der Waals surface area contributed by atoms with Crippen molar-refractivity contribution in [2.75, 3.05) is 53.6 Å². The van der Waals surface area contributed by atoms with Gasteiger partial charge in [0.05, 0.1) is 6.61 Å². The Labute approximate surface area is 245 Å². The van der Waals surface area contributed by atoms with Gasteiger partial charge in [-0.1, -0.05) is 36.4 Å². The van der Waals surface area contributed by atoms with Crippen molar-refractivity contribution in [2.24, 2.45) is 11.8 Å². The van der Waals surface area contributed by atoms with E-state index in [-0.39, 0.29) is 35.7 Å². The Morgan fingerprint density at radius 3 is 2.32 bits per heavy atom. The molecule has 224 valence electrons. The fourth-order valence-electron chi connectivity index (χ4n) is 5.65. The number of rotatable bonds is 15. The van der Waals surface area contributed by atoms with E-state index in [2.05, 4.69) is 19.2 Å². The quantitative estimate of drug-likeness (QED) is 0.321. The Morgan fingerprint density at radius 1 is 0.976 bits per heavy atom. The SMILES string of the molecule is COCCCOc1cc(C(=O)N(C[C@@H]2CNC[C@H]2CN(C(=O)[C@@H](OC)c2ccccc2)C2CC2)C(C)C)ccc1C. The third-order valence-electron chi connectivity index (χ3n) is 8.24. The summed E-state index contributed by atoms with van der Waals surface area (Å²) in [5.74, 6) is 1.26. The molecule has 8 heteroatoms. The molecular formula is C33H47N3O5. The summed E-state index contributed by atoms with van der Waals surface area (Å²) < 4.78 is 16.8. The van der Waals surface area contributed by atoms with Crippen LogP contribution < -0.4 is 10.1 Å². The van der Waals surface area contributed by atoms with E-state index in [9.17, 15) is 9.59 Å². The zero-order valence-corrected chi connectivity index (χ0v) is 25.3. The highest BCUT2D eigenvalue weighted by molar-refractivity contribution is 5.95. The van der Waals surface area contributed by atoms with Gasteiger partial charge in [0.2, 0.25) is 0 Å². The van der Waals surface area contributed by atoms with Crippen LogP contribution in [0.4, 0.5) is 0 Å². The van der Waals surface area contributed by atoms with Gasteiger partial charge in [0.25, 0.3) is 11.8 Å². The van der Waals surface area contributed by atoms with Crippen LogP contribution in [0.1, 0.15) is 60.7 Å². The maximum absolute atomic E-state index is 13.8. The van der Waals surface area contributed by atoms with Crippen LogP contribution in [0.2, 0.25) is 0 Å². The number of hydrogen-bond donors (Lipinski definition) is 1. The molecule has 1 heterocycles. The minimum Gasteiger partial charge on any atom is -0.493 e. The minimum atomic E-state index is -0.606. The maximum Gasteiger partial charge on any atom is 0.256 e. The molecule has 1 saturated heterocycles. The van der Waals surface area contributed by atoms with Gasteiger partial charge in [0.15, 0.2) is 6.10 Å². The van der Waals surface area contributed by atoms with Crippen molar-refractivity contribution >= 4 is 11.8 Å². The summed E-state index contributed by atoms with van der Waals surface area (Å²) in [5.41, 5.74) is 2.52. The van der Waals surface area contributed by atoms with Gasteiger partial charge in [-0.25, -0.2) is 0 Å². The molecule has 2 fully saturated rings. The number of ether oxygens (including phenoxy) is 3. The fraction of sp³-hybridized carbons (Fsp3) is 0.576. The predicted octanol–water partition coefficient (Wildman–Crippen LogP) is 4.48. The van der Waals surface area contributed by atoms with Crippen molar-refractivity contribution < 1.29 is 23.8 Å². The number of methoxy groups -OCH3 is 2. The van der Waals surface area contributed by atoms with Crippen LogP contribution in [-0.4, -0.2) is 87.3 Å². The molecule has 41 heavy (non-hydrogen) atoms. The lowest BCUT2D eigenvalue weighted by atomic mass is 9.93. The van der Waals surface area contributed by atoms with Gasteiger partial charge >= 0.3 is 0 Å². The molecule has 0 bridgehead atoms. The molecular weight excluding hydrogens is 518 g/mol. The van der Waals surface area contributed by atoms with Gasteiger partial charge in [0, 0.05) is 71.1 Å². The van der Waals surface area contributed by atoms with E-state index in [1.54, 1.807) is 14.2 Å². The normalized spacial score (nSPS) is 19.3. The van der Waals surface area contributed by atoms with Gasteiger partial charge in [-0.15, -0.1) is 0 Å².